The summed E-state index contributed by atoms with van der Waals surface area (Å²) in [4.78, 5) is 30.8. The first-order valence-corrected chi connectivity index (χ1v) is 11.7. The van der Waals surface area contributed by atoms with Gasteiger partial charge in [0.1, 0.15) is 6.04 Å². The lowest BCUT2D eigenvalue weighted by molar-refractivity contribution is -0.140. The van der Waals surface area contributed by atoms with Gasteiger partial charge >= 0.3 is 0 Å². The van der Waals surface area contributed by atoms with Crippen molar-refractivity contribution in [3.63, 3.8) is 0 Å². The zero-order valence-corrected chi connectivity index (χ0v) is 20.8. The second-order valence-electron chi connectivity index (χ2n) is 9.29. The number of benzene rings is 3. The van der Waals surface area contributed by atoms with Gasteiger partial charge in [-0.2, -0.15) is 0 Å². The second-order valence-corrected chi connectivity index (χ2v) is 9.29. The quantitative estimate of drug-likeness (QED) is 0.475. The third-order valence-corrected chi connectivity index (χ3v) is 5.88. The van der Waals surface area contributed by atoms with E-state index in [-0.39, 0.29) is 24.2 Å². The van der Waals surface area contributed by atoms with Crippen molar-refractivity contribution >= 4 is 23.2 Å². The van der Waals surface area contributed by atoms with E-state index in [9.17, 15) is 9.59 Å². The van der Waals surface area contributed by atoms with E-state index >= 15 is 0 Å². The van der Waals surface area contributed by atoms with Gasteiger partial charge in [0.05, 0.1) is 6.42 Å². The Morgan fingerprint density at radius 2 is 1.44 bits per heavy atom. The van der Waals surface area contributed by atoms with Crippen molar-refractivity contribution in [2.24, 2.45) is 5.92 Å². The third kappa shape index (κ3) is 6.70. The average Bonchev–Trinajstić information content (AvgIpc) is 2.80. The Hall–Kier alpha value is -3.60. The van der Waals surface area contributed by atoms with E-state index in [2.05, 4.69) is 5.32 Å². The van der Waals surface area contributed by atoms with Gasteiger partial charge in [-0.1, -0.05) is 74.0 Å². The number of hydrogen-bond donors (Lipinski definition) is 1. The molecule has 0 aliphatic rings. The number of hydrogen-bond acceptors (Lipinski definition) is 3. The Labute approximate surface area is 203 Å². The topological polar surface area (TPSA) is 52.7 Å². The molecule has 3 aromatic rings. The molecule has 5 nitrogen and oxygen atoms in total. The van der Waals surface area contributed by atoms with Gasteiger partial charge in [-0.3, -0.25) is 9.59 Å². The number of rotatable bonds is 9. The Balaban J connectivity index is 1.87. The minimum Gasteiger partial charge on any atom is -0.378 e. The van der Waals surface area contributed by atoms with Crippen molar-refractivity contribution in [2.45, 2.75) is 39.8 Å². The molecule has 0 aliphatic heterocycles. The third-order valence-electron chi connectivity index (χ3n) is 5.88. The number of nitrogens with one attached hydrogen (secondary N) is 1. The molecule has 0 aromatic heterocycles. The van der Waals surface area contributed by atoms with Crippen LogP contribution in [-0.2, 0) is 22.6 Å². The summed E-state index contributed by atoms with van der Waals surface area (Å²) < 4.78 is 0. The number of carbonyl (C=O) groups is 2. The van der Waals surface area contributed by atoms with Crippen molar-refractivity contribution in [3.8, 4) is 0 Å². The van der Waals surface area contributed by atoms with Crippen LogP contribution in [0.25, 0.3) is 0 Å². The van der Waals surface area contributed by atoms with Crippen LogP contribution in [0.3, 0.4) is 0 Å². The summed E-state index contributed by atoms with van der Waals surface area (Å²) in [6, 6.07) is 24.9. The van der Waals surface area contributed by atoms with Crippen LogP contribution in [0.2, 0.25) is 0 Å². The fourth-order valence-electron chi connectivity index (χ4n) is 3.97. The lowest BCUT2D eigenvalue weighted by Gasteiger charge is -2.34. The number of carbonyl (C=O) groups excluding carboxylic acids is 2. The molecule has 0 radical (unpaired) electrons. The zero-order chi connectivity index (χ0) is 24.7. The zero-order valence-electron chi connectivity index (χ0n) is 20.8. The van der Waals surface area contributed by atoms with Crippen molar-refractivity contribution in [3.05, 3.63) is 95.6 Å². The summed E-state index contributed by atoms with van der Waals surface area (Å²) in [5, 5.41) is 3.03. The van der Waals surface area contributed by atoms with E-state index in [1.165, 1.54) is 0 Å². The fourth-order valence-corrected chi connectivity index (χ4v) is 3.97. The molecule has 3 aromatic carbocycles. The minimum absolute atomic E-state index is 0.0637. The molecular formula is C29H35N3O2. The maximum absolute atomic E-state index is 13.5. The second kappa shape index (κ2) is 11.5. The molecular weight excluding hydrogens is 422 g/mol. The first kappa shape index (κ1) is 25.0. The van der Waals surface area contributed by atoms with Gasteiger partial charge in [0.2, 0.25) is 11.8 Å². The van der Waals surface area contributed by atoms with E-state index in [0.29, 0.717) is 12.2 Å². The standard InChI is InChI=1S/C29H35N3O2/c1-21(2)28(29(34)30-25-15-17-26(18-16-25)31(4)5)32(20-24-13-11-22(3)12-14-24)27(33)19-23-9-7-6-8-10-23/h6-18,21,28H,19-20H2,1-5H3,(H,30,34). The molecule has 0 bridgehead atoms. The van der Waals surface area contributed by atoms with E-state index in [1.807, 2.05) is 119 Å². The number of nitrogens with zero attached hydrogens (tertiary/aromatic N) is 2. The number of aryl methyl sites for hydroxylation is 1. The van der Waals surface area contributed by atoms with E-state index in [4.69, 9.17) is 0 Å². The van der Waals surface area contributed by atoms with Crippen LogP contribution in [0.15, 0.2) is 78.9 Å². The Morgan fingerprint density at radius 1 is 0.824 bits per heavy atom. The van der Waals surface area contributed by atoms with Gasteiger partial charge in [0, 0.05) is 32.0 Å². The molecule has 1 atom stereocenters. The van der Waals surface area contributed by atoms with Crippen molar-refractivity contribution in [1.29, 1.82) is 0 Å². The van der Waals surface area contributed by atoms with Gasteiger partial charge in [-0.05, 0) is 48.2 Å². The fraction of sp³-hybridized carbons (Fsp3) is 0.310. The summed E-state index contributed by atoms with van der Waals surface area (Å²) in [7, 11) is 3.95. The van der Waals surface area contributed by atoms with Crippen LogP contribution in [0.5, 0.6) is 0 Å². The molecule has 1 N–H and O–H groups in total. The highest BCUT2D eigenvalue weighted by atomic mass is 16.2. The largest absolute Gasteiger partial charge is 0.378 e. The lowest BCUT2D eigenvalue weighted by Crippen LogP contribution is -2.50. The molecule has 1 unspecified atom stereocenters. The molecule has 0 heterocycles. The smallest absolute Gasteiger partial charge is 0.247 e. The molecule has 5 heteroatoms. The SMILES string of the molecule is Cc1ccc(CN(C(=O)Cc2ccccc2)C(C(=O)Nc2ccc(N(C)C)cc2)C(C)C)cc1. The molecule has 34 heavy (non-hydrogen) atoms. The predicted molar refractivity (Wildman–Crippen MR) is 140 cm³/mol. The number of anilines is 2. The molecule has 0 saturated heterocycles. The van der Waals surface area contributed by atoms with E-state index in [1.54, 1.807) is 4.90 Å². The monoisotopic (exact) mass is 457 g/mol. The van der Waals surface area contributed by atoms with Crippen LogP contribution in [0, 0.1) is 12.8 Å². The van der Waals surface area contributed by atoms with Crippen LogP contribution in [0.1, 0.15) is 30.5 Å². The van der Waals surface area contributed by atoms with Crippen LogP contribution in [0.4, 0.5) is 11.4 Å². The summed E-state index contributed by atoms with van der Waals surface area (Å²) >= 11 is 0. The van der Waals surface area contributed by atoms with Crippen molar-refractivity contribution in [1.82, 2.24) is 4.90 Å². The molecule has 0 saturated carbocycles. The molecule has 178 valence electrons. The van der Waals surface area contributed by atoms with Crippen LogP contribution >= 0.6 is 0 Å². The molecule has 0 fully saturated rings. The average molecular weight is 458 g/mol. The van der Waals surface area contributed by atoms with Crippen molar-refractivity contribution in [2.75, 3.05) is 24.3 Å². The summed E-state index contributed by atoms with van der Waals surface area (Å²) in [5.41, 5.74) is 4.86. The predicted octanol–water partition coefficient (Wildman–Crippen LogP) is 5.30. The Bertz CT molecular complexity index is 1070. The van der Waals surface area contributed by atoms with Crippen LogP contribution < -0.4 is 10.2 Å². The van der Waals surface area contributed by atoms with E-state index in [0.717, 1.165) is 22.4 Å². The Morgan fingerprint density at radius 3 is 2.00 bits per heavy atom. The van der Waals surface area contributed by atoms with Gasteiger partial charge in [0.15, 0.2) is 0 Å². The van der Waals surface area contributed by atoms with Crippen molar-refractivity contribution < 1.29 is 9.59 Å². The first-order chi connectivity index (χ1) is 16.2. The first-order valence-electron chi connectivity index (χ1n) is 11.7. The van der Waals surface area contributed by atoms with Crippen LogP contribution in [-0.4, -0.2) is 36.9 Å². The number of amides is 2. The normalized spacial score (nSPS) is 11.7. The lowest BCUT2D eigenvalue weighted by atomic mass is 9.98. The molecule has 0 spiro atoms. The summed E-state index contributed by atoms with van der Waals surface area (Å²) in [6.07, 6.45) is 0.251. The summed E-state index contributed by atoms with van der Waals surface area (Å²) in [5.74, 6) is -0.309. The van der Waals surface area contributed by atoms with Gasteiger partial charge in [-0.15, -0.1) is 0 Å². The maximum Gasteiger partial charge on any atom is 0.247 e. The van der Waals surface area contributed by atoms with Gasteiger partial charge < -0.3 is 15.1 Å². The van der Waals surface area contributed by atoms with Gasteiger partial charge in [0.25, 0.3) is 0 Å². The Kier molecular flexibility index (Phi) is 8.47. The highest BCUT2D eigenvalue weighted by molar-refractivity contribution is 5.97. The molecule has 2 amide bonds. The summed E-state index contributed by atoms with van der Waals surface area (Å²) in [6.45, 7) is 6.38. The maximum atomic E-state index is 13.5. The minimum atomic E-state index is -0.606. The van der Waals surface area contributed by atoms with E-state index < -0.39 is 6.04 Å². The highest BCUT2D eigenvalue weighted by Crippen LogP contribution is 2.21. The molecule has 0 aliphatic carbocycles. The van der Waals surface area contributed by atoms with Gasteiger partial charge in [-0.25, -0.2) is 0 Å². The highest BCUT2D eigenvalue weighted by Gasteiger charge is 2.32. The molecule has 3 rings (SSSR count).